The number of nitrogens with two attached hydrogens (primary N) is 1. The number of nitrogens with one attached hydrogen (secondary N) is 2. The number of hydrogen-bond acceptors (Lipinski definition) is 5. The quantitative estimate of drug-likeness (QED) is 0.536. The minimum absolute atomic E-state index is 0.0121. The fourth-order valence-corrected chi connectivity index (χ4v) is 3.59. The SMILES string of the molecule is Nc1cc(S(=O)(=O)NC2CCC(=O)NC2=O)c(Cl)cc1F. The third-order valence-electron chi connectivity index (χ3n) is 2.88. The number of rotatable bonds is 3. The fraction of sp³-hybridized carbons (Fsp3) is 0.273. The van der Waals surface area contributed by atoms with Gasteiger partial charge in [-0.15, -0.1) is 0 Å². The van der Waals surface area contributed by atoms with Crippen molar-refractivity contribution in [3.8, 4) is 0 Å². The summed E-state index contributed by atoms with van der Waals surface area (Å²) in [5.41, 5.74) is 4.93. The highest BCUT2D eigenvalue weighted by atomic mass is 35.5. The Labute approximate surface area is 124 Å². The molecule has 1 aromatic rings. The second-order valence-electron chi connectivity index (χ2n) is 4.43. The number of halogens is 2. The second-order valence-corrected chi connectivity index (χ2v) is 6.52. The van der Waals surface area contributed by atoms with Crippen molar-refractivity contribution < 1.29 is 22.4 Å². The van der Waals surface area contributed by atoms with Crippen LogP contribution in [0.4, 0.5) is 10.1 Å². The number of carbonyl (C=O) groups is 2. The van der Waals surface area contributed by atoms with Crippen molar-refractivity contribution in [2.75, 3.05) is 5.73 Å². The predicted molar refractivity (Wildman–Crippen MR) is 72.3 cm³/mol. The lowest BCUT2D eigenvalue weighted by molar-refractivity contribution is -0.134. The van der Waals surface area contributed by atoms with Crippen LogP contribution in [0.15, 0.2) is 17.0 Å². The summed E-state index contributed by atoms with van der Waals surface area (Å²) in [6.45, 7) is 0. The molecule has 1 aliphatic rings. The molecule has 2 amide bonds. The fourth-order valence-electron chi connectivity index (χ4n) is 1.81. The zero-order valence-corrected chi connectivity index (χ0v) is 12.1. The first-order chi connectivity index (χ1) is 9.70. The van der Waals surface area contributed by atoms with Crippen LogP contribution in [0.3, 0.4) is 0 Å². The largest absolute Gasteiger partial charge is 0.396 e. The van der Waals surface area contributed by atoms with Crippen LogP contribution in [-0.2, 0) is 19.6 Å². The molecule has 1 aliphatic heterocycles. The van der Waals surface area contributed by atoms with Gasteiger partial charge in [-0.3, -0.25) is 14.9 Å². The first-order valence-electron chi connectivity index (χ1n) is 5.81. The van der Waals surface area contributed by atoms with Crippen LogP contribution >= 0.6 is 11.6 Å². The molecule has 1 atom stereocenters. The van der Waals surface area contributed by atoms with Crippen molar-refractivity contribution in [3.63, 3.8) is 0 Å². The smallest absolute Gasteiger partial charge is 0.244 e. The van der Waals surface area contributed by atoms with E-state index >= 15 is 0 Å². The van der Waals surface area contributed by atoms with Gasteiger partial charge in [0.05, 0.1) is 10.7 Å². The van der Waals surface area contributed by atoms with Gasteiger partial charge in [0.2, 0.25) is 21.8 Å². The van der Waals surface area contributed by atoms with Crippen molar-refractivity contribution in [1.29, 1.82) is 0 Å². The van der Waals surface area contributed by atoms with E-state index in [2.05, 4.69) is 4.72 Å². The summed E-state index contributed by atoms with van der Waals surface area (Å²) in [4.78, 5) is 22.1. The van der Waals surface area contributed by atoms with E-state index < -0.39 is 38.6 Å². The van der Waals surface area contributed by atoms with E-state index in [0.29, 0.717) is 0 Å². The summed E-state index contributed by atoms with van der Waals surface area (Å²) >= 11 is 5.69. The molecule has 1 unspecified atom stereocenters. The molecule has 7 nitrogen and oxygen atoms in total. The molecule has 1 fully saturated rings. The Morgan fingerprint density at radius 1 is 1.38 bits per heavy atom. The highest BCUT2D eigenvalue weighted by Gasteiger charge is 2.31. The molecular formula is C11H11ClFN3O4S. The molecule has 4 N–H and O–H groups in total. The summed E-state index contributed by atoms with van der Waals surface area (Å²) in [6, 6.07) is 0.539. The van der Waals surface area contributed by atoms with Crippen molar-refractivity contribution >= 4 is 39.1 Å². The molecule has 0 bridgehead atoms. The average Bonchev–Trinajstić information content (AvgIpc) is 2.37. The first kappa shape index (κ1) is 15.7. The highest BCUT2D eigenvalue weighted by molar-refractivity contribution is 7.89. The van der Waals surface area contributed by atoms with Crippen molar-refractivity contribution in [1.82, 2.24) is 10.0 Å². The Kier molecular flexibility index (Phi) is 4.17. The monoisotopic (exact) mass is 335 g/mol. The molecule has 2 rings (SSSR count). The molecule has 0 aromatic heterocycles. The van der Waals surface area contributed by atoms with E-state index in [1.165, 1.54) is 0 Å². The van der Waals surface area contributed by atoms with E-state index in [4.69, 9.17) is 17.3 Å². The van der Waals surface area contributed by atoms with Crippen molar-refractivity contribution in [3.05, 3.63) is 23.0 Å². The van der Waals surface area contributed by atoms with Gasteiger partial charge in [-0.05, 0) is 18.6 Å². The standard InChI is InChI=1S/C11H11ClFN3O4S/c12-5-3-6(13)7(14)4-9(5)21(19,20)16-8-1-2-10(17)15-11(8)18/h3-4,8,16H,1-2,14H2,(H,15,17,18). The van der Waals surface area contributed by atoms with Crippen LogP contribution < -0.4 is 15.8 Å². The lowest BCUT2D eigenvalue weighted by atomic mass is 10.1. The summed E-state index contributed by atoms with van der Waals surface area (Å²) < 4.78 is 39.6. The summed E-state index contributed by atoms with van der Waals surface area (Å²) in [7, 11) is -4.18. The van der Waals surface area contributed by atoms with Crippen molar-refractivity contribution in [2.45, 2.75) is 23.8 Å². The van der Waals surface area contributed by atoms with E-state index in [9.17, 15) is 22.4 Å². The highest BCUT2D eigenvalue weighted by Crippen LogP contribution is 2.26. The number of hydrogen-bond donors (Lipinski definition) is 3. The minimum atomic E-state index is -4.18. The molecule has 1 heterocycles. The van der Waals surface area contributed by atoms with Gasteiger partial charge in [0.15, 0.2) is 0 Å². The topological polar surface area (TPSA) is 118 Å². The van der Waals surface area contributed by atoms with E-state index in [1.54, 1.807) is 0 Å². The van der Waals surface area contributed by atoms with Gasteiger partial charge < -0.3 is 5.73 Å². The maximum absolute atomic E-state index is 13.2. The minimum Gasteiger partial charge on any atom is -0.396 e. The molecular weight excluding hydrogens is 325 g/mol. The maximum atomic E-state index is 13.2. The van der Waals surface area contributed by atoms with E-state index in [1.807, 2.05) is 5.32 Å². The van der Waals surface area contributed by atoms with Gasteiger partial charge in [-0.2, -0.15) is 4.72 Å². The third kappa shape index (κ3) is 3.31. The first-order valence-corrected chi connectivity index (χ1v) is 7.67. The molecule has 1 aromatic carbocycles. The lowest BCUT2D eigenvalue weighted by Crippen LogP contribution is -2.52. The van der Waals surface area contributed by atoms with Gasteiger partial charge in [-0.25, -0.2) is 12.8 Å². The normalized spacial score (nSPS) is 19.4. The number of sulfonamides is 1. The molecule has 114 valence electrons. The van der Waals surface area contributed by atoms with Crippen LogP contribution in [0.2, 0.25) is 5.02 Å². The van der Waals surface area contributed by atoms with Crippen LogP contribution in [0.5, 0.6) is 0 Å². The molecule has 1 saturated heterocycles. The molecule has 21 heavy (non-hydrogen) atoms. The summed E-state index contributed by atoms with van der Waals surface area (Å²) in [5.74, 6) is -2.07. The Hall–Kier alpha value is -1.71. The second kappa shape index (κ2) is 5.58. The van der Waals surface area contributed by atoms with Crippen LogP contribution in [0, 0.1) is 5.82 Å². The van der Waals surface area contributed by atoms with E-state index in [-0.39, 0.29) is 23.6 Å². The zero-order chi connectivity index (χ0) is 15.8. The number of carbonyl (C=O) groups excluding carboxylic acids is 2. The molecule has 0 aliphatic carbocycles. The molecule has 10 heteroatoms. The van der Waals surface area contributed by atoms with Crippen molar-refractivity contribution in [2.24, 2.45) is 0 Å². The predicted octanol–water partition coefficient (Wildman–Crippen LogP) is 0.145. The molecule has 0 radical (unpaired) electrons. The average molecular weight is 336 g/mol. The van der Waals surface area contributed by atoms with Gasteiger partial charge in [-0.1, -0.05) is 11.6 Å². The van der Waals surface area contributed by atoms with Gasteiger partial charge in [0.1, 0.15) is 16.8 Å². The number of anilines is 1. The maximum Gasteiger partial charge on any atom is 0.244 e. The van der Waals surface area contributed by atoms with Crippen LogP contribution in [0.25, 0.3) is 0 Å². The number of benzene rings is 1. The van der Waals surface area contributed by atoms with Gasteiger partial charge >= 0.3 is 0 Å². The number of imide groups is 1. The summed E-state index contributed by atoms with van der Waals surface area (Å²) in [5, 5.41) is 1.66. The molecule has 0 saturated carbocycles. The van der Waals surface area contributed by atoms with Gasteiger partial charge in [0.25, 0.3) is 0 Å². The Morgan fingerprint density at radius 2 is 2.05 bits per heavy atom. The molecule has 0 spiro atoms. The number of piperidine rings is 1. The zero-order valence-electron chi connectivity index (χ0n) is 10.5. The Balaban J connectivity index is 2.29. The lowest BCUT2D eigenvalue weighted by Gasteiger charge is -2.22. The van der Waals surface area contributed by atoms with Gasteiger partial charge in [0, 0.05) is 6.42 Å². The third-order valence-corrected chi connectivity index (χ3v) is 4.81. The number of amides is 2. The summed E-state index contributed by atoms with van der Waals surface area (Å²) in [6.07, 6.45) is 0.0381. The number of nitrogen functional groups attached to an aromatic ring is 1. The van der Waals surface area contributed by atoms with Crippen LogP contribution in [-0.4, -0.2) is 26.3 Å². The van der Waals surface area contributed by atoms with Crippen LogP contribution in [0.1, 0.15) is 12.8 Å². The Bertz CT molecular complexity index is 722. The van der Waals surface area contributed by atoms with E-state index in [0.717, 1.165) is 12.1 Å². The Morgan fingerprint density at radius 3 is 2.67 bits per heavy atom.